The van der Waals surface area contributed by atoms with E-state index in [1.807, 2.05) is 6.92 Å². The molecule has 1 saturated carbocycles. The summed E-state index contributed by atoms with van der Waals surface area (Å²) in [4.78, 5) is 22.2. The molecule has 0 aromatic heterocycles. The molecule has 0 aromatic carbocycles. The summed E-state index contributed by atoms with van der Waals surface area (Å²) >= 11 is 0. The lowest BCUT2D eigenvalue weighted by Crippen LogP contribution is -2.40. The van der Waals surface area contributed by atoms with Crippen LogP contribution in [0.1, 0.15) is 45.4 Å². The molecule has 0 spiro atoms. The molecule has 1 fully saturated rings. The summed E-state index contributed by atoms with van der Waals surface area (Å²) < 4.78 is 0. The Balaban J connectivity index is 2.22. The summed E-state index contributed by atoms with van der Waals surface area (Å²) in [6, 6.07) is -0.707. The molecule has 1 unspecified atom stereocenters. The van der Waals surface area contributed by atoms with E-state index in [1.165, 1.54) is 12.8 Å². The number of carboxylic acids is 1. The van der Waals surface area contributed by atoms with Crippen molar-refractivity contribution in [1.82, 2.24) is 5.32 Å². The second-order valence-electron chi connectivity index (χ2n) is 4.23. The minimum atomic E-state index is -0.934. The Morgan fingerprint density at radius 3 is 2.60 bits per heavy atom. The van der Waals surface area contributed by atoms with Crippen LogP contribution in [-0.2, 0) is 9.59 Å². The number of nitrogens with one attached hydrogen (secondary N) is 1. The van der Waals surface area contributed by atoms with Crippen LogP contribution in [0.5, 0.6) is 0 Å². The van der Waals surface area contributed by atoms with E-state index in [-0.39, 0.29) is 5.91 Å². The molecule has 4 heteroatoms. The van der Waals surface area contributed by atoms with Gasteiger partial charge >= 0.3 is 5.97 Å². The van der Waals surface area contributed by atoms with Gasteiger partial charge in [0.25, 0.3) is 0 Å². The third-order valence-electron chi connectivity index (χ3n) is 2.69. The monoisotopic (exact) mass is 213 g/mol. The highest BCUT2D eigenvalue weighted by Gasteiger charge is 2.23. The van der Waals surface area contributed by atoms with Gasteiger partial charge in [0.15, 0.2) is 0 Å². The molecule has 0 radical (unpaired) electrons. The largest absolute Gasteiger partial charge is 0.480 e. The number of rotatable bonds is 7. The Kier molecular flexibility index (Phi) is 4.59. The standard InChI is InChI=1S/C11H19NO3/c1-2-3-9(11(14)15)12-10(13)7-6-8-4-5-8/h8-9H,2-7H2,1H3,(H,12,13)(H,14,15). The Morgan fingerprint density at radius 1 is 1.47 bits per heavy atom. The zero-order valence-corrected chi connectivity index (χ0v) is 9.16. The number of hydrogen-bond acceptors (Lipinski definition) is 2. The molecule has 0 aromatic rings. The molecule has 1 atom stereocenters. The van der Waals surface area contributed by atoms with E-state index in [0.29, 0.717) is 18.8 Å². The van der Waals surface area contributed by atoms with Crippen molar-refractivity contribution in [2.75, 3.05) is 0 Å². The van der Waals surface area contributed by atoms with Crippen LogP contribution >= 0.6 is 0 Å². The van der Waals surface area contributed by atoms with Gasteiger partial charge in [0, 0.05) is 6.42 Å². The molecule has 0 saturated heterocycles. The minimum Gasteiger partial charge on any atom is -0.480 e. The van der Waals surface area contributed by atoms with E-state index in [0.717, 1.165) is 12.8 Å². The molecule has 0 bridgehead atoms. The summed E-state index contributed by atoms with van der Waals surface area (Å²) in [6.07, 6.45) is 5.10. The number of carbonyl (C=O) groups excluding carboxylic acids is 1. The van der Waals surface area contributed by atoms with Gasteiger partial charge in [-0.05, 0) is 18.8 Å². The lowest BCUT2D eigenvalue weighted by molar-refractivity contribution is -0.142. The fraction of sp³-hybridized carbons (Fsp3) is 0.818. The van der Waals surface area contributed by atoms with Crippen LogP contribution in [0.15, 0.2) is 0 Å². The van der Waals surface area contributed by atoms with Gasteiger partial charge in [-0.3, -0.25) is 4.79 Å². The quantitative estimate of drug-likeness (QED) is 0.674. The van der Waals surface area contributed by atoms with Crippen molar-refractivity contribution in [3.05, 3.63) is 0 Å². The first-order valence-corrected chi connectivity index (χ1v) is 5.65. The van der Waals surface area contributed by atoms with Crippen molar-refractivity contribution in [3.8, 4) is 0 Å². The maximum absolute atomic E-state index is 11.4. The summed E-state index contributed by atoms with van der Waals surface area (Å²) in [5.41, 5.74) is 0. The molecule has 1 aliphatic carbocycles. The molecule has 2 N–H and O–H groups in total. The fourth-order valence-electron chi connectivity index (χ4n) is 1.55. The van der Waals surface area contributed by atoms with Crippen LogP contribution in [0.4, 0.5) is 0 Å². The zero-order chi connectivity index (χ0) is 11.3. The Labute approximate surface area is 90.0 Å². The van der Waals surface area contributed by atoms with Gasteiger partial charge in [0.05, 0.1) is 0 Å². The first kappa shape index (κ1) is 12.0. The average Bonchev–Trinajstić information content (AvgIpc) is 2.97. The molecule has 4 nitrogen and oxygen atoms in total. The van der Waals surface area contributed by atoms with Crippen LogP contribution in [0.3, 0.4) is 0 Å². The molecule has 0 heterocycles. The van der Waals surface area contributed by atoms with Gasteiger partial charge in [-0.15, -0.1) is 0 Å². The second kappa shape index (κ2) is 5.73. The molecule has 1 amide bonds. The molecule has 86 valence electrons. The van der Waals surface area contributed by atoms with Crippen LogP contribution in [-0.4, -0.2) is 23.0 Å². The number of hydrogen-bond donors (Lipinski definition) is 2. The topological polar surface area (TPSA) is 66.4 Å². The predicted octanol–water partition coefficient (Wildman–Crippen LogP) is 1.55. The van der Waals surface area contributed by atoms with Crippen LogP contribution in [0.2, 0.25) is 0 Å². The Morgan fingerprint density at radius 2 is 2.13 bits per heavy atom. The third-order valence-corrected chi connectivity index (χ3v) is 2.69. The van der Waals surface area contributed by atoms with Crippen molar-refractivity contribution in [2.24, 2.45) is 5.92 Å². The highest BCUT2D eigenvalue weighted by molar-refractivity contribution is 5.83. The predicted molar refractivity (Wildman–Crippen MR) is 56.4 cm³/mol. The van der Waals surface area contributed by atoms with Gasteiger partial charge < -0.3 is 10.4 Å². The van der Waals surface area contributed by atoms with Gasteiger partial charge in [-0.25, -0.2) is 4.79 Å². The summed E-state index contributed by atoms with van der Waals surface area (Å²) in [7, 11) is 0. The van der Waals surface area contributed by atoms with Crippen LogP contribution in [0.25, 0.3) is 0 Å². The minimum absolute atomic E-state index is 0.122. The van der Waals surface area contributed by atoms with Crippen LogP contribution in [0, 0.1) is 5.92 Å². The van der Waals surface area contributed by atoms with Gasteiger partial charge in [0.1, 0.15) is 6.04 Å². The van der Waals surface area contributed by atoms with Crippen molar-refractivity contribution >= 4 is 11.9 Å². The number of carbonyl (C=O) groups is 2. The van der Waals surface area contributed by atoms with Gasteiger partial charge in [-0.2, -0.15) is 0 Å². The summed E-state index contributed by atoms with van der Waals surface area (Å²) in [6.45, 7) is 1.91. The molecule has 0 aliphatic heterocycles. The van der Waals surface area contributed by atoms with Crippen molar-refractivity contribution < 1.29 is 14.7 Å². The maximum Gasteiger partial charge on any atom is 0.326 e. The summed E-state index contributed by atoms with van der Waals surface area (Å²) in [5, 5.41) is 11.4. The maximum atomic E-state index is 11.4. The van der Waals surface area contributed by atoms with Gasteiger partial charge in [0.2, 0.25) is 5.91 Å². The highest BCUT2D eigenvalue weighted by Crippen LogP contribution is 2.33. The molecule has 1 rings (SSSR count). The van der Waals surface area contributed by atoms with E-state index < -0.39 is 12.0 Å². The van der Waals surface area contributed by atoms with E-state index in [9.17, 15) is 9.59 Å². The zero-order valence-electron chi connectivity index (χ0n) is 9.16. The first-order valence-electron chi connectivity index (χ1n) is 5.65. The summed E-state index contributed by atoms with van der Waals surface area (Å²) in [5.74, 6) is -0.343. The van der Waals surface area contributed by atoms with Crippen molar-refractivity contribution in [2.45, 2.75) is 51.5 Å². The lowest BCUT2D eigenvalue weighted by atomic mass is 10.1. The highest BCUT2D eigenvalue weighted by atomic mass is 16.4. The number of aliphatic carboxylic acids is 1. The normalized spacial score (nSPS) is 17.1. The number of carboxylic acid groups (broad SMARTS) is 1. The molecule has 1 aliphatic rings. The smallest absolute Gasteiger partial charge is 0.326 e. The van der Waals surface area contributed by atoms with Crippen molar-refractivity contribution in [3.63, 3.8) is 0 Å². The van der Waals surface area contributed by atoms with E-state index in [4.69, 9.17) is 5.11 Å². The Hall–Kier alpha value is -1.06. The van der Waals surface area contributed by atoms with Gasteiger partial charge in [-0.1, -0.05) is 26.2 Å². The van der Waals surface area contributed by atoms with E-state index in [1.54, 1.807) is 0 Å². The SMILES string of the molecule is CCCC(NC(=O)CCC1CC1)C(=O)O. The van der Waals surface area contributed by atoms with Crippen molar-refractivity contribution in [1.29, 1.82) is 0 Å². The third kappa shape index (κ3) is 4.81. The van der Waals surface area contributed by atoms with E-state index >= 15 is 0 Å². The van der Waals surface area contributed by atoms with Crippen LogP contribution < -0.4 is 5.32 Å². The Bertz CT molecular complexity index is 236. The van der Waals surface area contributed by atoms with E-state index in [2.05, 4.69) is 5.32 Å². The average molecular weight is 213 g/mol. The molecular formula is C11H19NO3. The second-order valence-corrected chi connectivity index (χ2v) is 4.23. The lowest BCUT2D eigenvalue weighted by Gasteiger charge is -2.13. The number of amides is 1. The fourth-order valence-corrected chi connectivity index (χ4v) is 1.55. The first-order chi connectivity index (χ1) is 7.13. The molecular weight excluding hydrogens is 194 g/mol. The molecule has 15 heavy (non-hydrogen) atoms.